The Balaban J connectivity index is 2.90. The van der Waals surface area contributed by atoms with E-state index >= 15 is 0 Å². The van der Waals surface area contributed by atoms with Gasteiger partial charge in [0.05, 0.1) is 0 Å². The maximum atomic E-state index is 5.80. The van der Waals surface area contributed by atoms with Crippen LogP contribution in [0.3, 0.4) is 0 Å². The second-order valence-corrected chi connectivity index (χ2v) is 4.26. The summed E-state index contributed by atoms with van der Waals surface area (Å²) in [5, 5.41) is 0. The van der Waals surface area contributed by atoms with Gasteiger partial charge in [0.25, 0.3) is 0 Å². The van der Waals surface area contributed by atoms with E-state index in [2.05, 4.69) is 35.6 Å². The molecule has 1 aromatic heterocycles. The van der Waals surface area contributed by atoms with E-state index in [-0.39, 0.29) is 0 Å². The summed E-state index contributed by atoms with van der Waals surface area (Å²) in [5.41, 5.74) is 6.78. The maximum Gasteiger partial charge on any atom is 0.137 e. The highest BCUT2D eigenvalue weighted by Crippen LogP contribution is 2.21. The van der Waals surface area contributed by atoms with E-state index in [9.17, 15) is 0 Å². The molecule has 1 heterocycles. The molecule has 0 aliphatic rings. The van der Waals surface area contributed by atoms with Crippen molar-refractivity contribution in [1.29, 1.82) is 0 Å². The van der Waals surface area contributed by atoms with Gasteiger partial charge in [-0.3, -0.25) is 0 Å². The third-order valence-corrected chi connectivity index (χ3v) is 3.01. The van der Waals surface area contributed by atoms with E-state index < -0.39 is 0 Å². The zero-order valence-corrected chi connectivity index (χ0v) is 10.7. The number of nitrogens with zero attached hydrogens (tertiary/aromatic N) is 3. The minimum Gasteiger partial charge on any atom is -0.383 e. The molecule has 90 valence electrons. The van der Waals surface area contributed by atoms with E-state index in [0.717, 1.165) is 24.5 Å². The van der Waals surface area contributed by atoms with Crippen LogP contribution in [-0.4, -0.2) is 23.1 Å². The monoisotopic (exact) mass is 222 g/mol. The summed E-state index contributed by atoms with van der Waals surface area (Å²) in [6.45, 7) is 10.5. The van der Waals surface area contributed by atoms with Crippen LogP contribution in [0.5, 0.6) is 0 Å². The molecular weight excluding hydrogens is 200 g/mol. The van der Waals surface area contributed by atoms with Crippen molar-refractivity contribution < 1.29 is 0 Å². The fourth-order valence-electron chi connectivity index (χ4n) is 1.64. The van der Waals surface area contributed by atoms with Crippen molar-refractivity contribution in [3.63, 3.8) is 0 Å². The Labute approximate surface area is 97.9 Å². The van der Waals surface area contributed by atoms with E-state index in [0.29, 0.717) is 11.7 Å². The number of aromatic nitrogens is 2. The van der Waals surface area contributed by atoms with Gasteiger partial charge in [-0.15, -0.1) is 0 Å². The van der Waals surface area contributed by atoms with Crippen LogP contribution >= 0.6 is 0 Å². The zero-order chi connectivity index (χ0) is 12.1. The summed E-state index contributed by atoms with van der Waals surface area (Å²) in [5.74, 6) is 2.21. The van der Waals surface area contributed by atoms with Gasteiger partial charge >= 0.3 is 0 Å². The van der Waals surface area contributed by atoms with Crippen LogP contribution < -0.4 is 10.6 Å². The lowest BCUT2D eigenvalue weighted by Crippen LogP contribution is -2.29. The number of nitrogens with two attached hydrogens (primary N) is 1. The molecule has 0 amide bonds. The van der Waals surface area contributed by atoms with Crippen LogP contribution in [0.15, 0.2) is 6.33 Å². The van der Waals surface area contributed by atoms with Crippen molar-refractivity contribution in [3.8, 4) is 0 Å². The molecule has 1 unspecified atom stereocenters. The topological polar surface area (TPSA) is 55.0 Å². The highest BCUT2D eigenvalue weighted by Gasteiger charge is 2.13. The second-order valence-electron chi connectivity index (χ2n) is 4.26. The van der Waals surface area contributed by atoms with Crippen LogP contribution in [0.4, 0.5) is 11.6 Å². The van der Waals surface area contributed by atoms with E-state index in [1.54, 1.807) is 0 Å². The lowest BCUT2D eigenvalue weighted by molar-refractivity contribution is 0.545. The predicted octanol–water partition coefficient (Wildman–Crippen LogP) is 2.24. The SMILES string of the molecule is CCC(C)CN(CC)c1ncnc(N)c1C. The Morgan fingerprint density at radius 3 is 2.62 bits per heavy atom. The maximum absolute atomic E-state index is 5.80. The zero-order valence-electron chi connectivity index (χ0n) is 10.7. The normalized spacial score (nSPS) is 12.5. The predicted molar refractivity (Wildman–Crippen MR) is 68.5 cm³/mol. The molecule has 0 aliphatic carbocycles. The first-order chi connectivity index (χ1) is 7.60. The van der Waals surface area contributed by atoms with Gasteiger partial charge in [-0.25, -0.2) is 9.97 Å². The summed E-state index contributed by atoms with van der Waals surface area (Å²) in [7, 11) is 0. The summed E-state index contributed by atoms with van der Waals surface area (Å²) in [6.07, 6.45) is 2.72. The number of nitrogen functional groups attached to an aromatic ring is 1. The van der Waals surface area contributed by atoms with Crippen LogP contribution in [0.25, 0.3) is 0 Å². The summed E-state index contributed by atoms with van der Waals surface area (Å²) in [6, 6.07) is 0. The summed E-state index contributed by atoms with van der Waals surface area (Å²) >= 11 is 0. The van der Waals surface area contributed by atoms with Crippen molar-refractivity contribution in [3.05, 3.63) is 11.9 Å². The number of anilines is 2. The van der Waals surface area contributed by atoms with Gasteiger partial charge in [0, 0.05) is 18.7 Å². The summed E-state index contributed by atoms with van der Waals surface area (Å²) in [4.78, 5) is 10.6. The second kappa shape index (κ2) is 5.68. The average Bonchev–Trinajstić information content (AvgIpc) is 2.29. The quantitative estimate of drug-likeness (QED) is 0.830. The Hall–Kier alpha value is -1.32. The first-order valence-electron chi connectivity index (χ1n) is 5.92. The largest absolute Gasteiger partial charge is 0.383 e. The molecule has 0 fully saturated rings. The van der Waals surface area contributed by atoms with Crippen molar-refractivity contribution in [2.24, 2.45) is 5.92 Å². The van der Waals surface area contributed by atoms with Gasteiger partial charge in [-0.05, 0) is 19.8 Å². The first-order valence-corrected chi connectivity index (χ1v) is 5.92. The van der Waals surface area contributed by atoms with Gasteiger partial charge in [0.2, 0.25) is 0 Å². The van der Waals surface area contributed by atoms with Crippen LogP contribution in [-0.2, 0) is 0 Å². The molecule has 0 bridgehead atoms. The minimum absolute atomic E-state index is 0.576. The summed E-state index contributed by atoms with van der Waals surface area (Å²) < 4.78 is 0. The molecule has 0 radical (unpaired) electrons. The van der Waals surface area contributed by atoms with Crippen molar-refractivity contribution in [1.82, 2.24) is 9.97 Å². The van der Waals surface area contributed by atoms with Crippen LogP contribution in [0.1, 0.15) is 32.8 Å². The molecule has 4 nitrogen and oxygen atoms in total. The highest BCUT2D eigenvalue weighted by atomic mass is 15.2. The average molecular weight is 222 g/mol. The Morgan fingerprint density at radius 1 is 1.38 bits per heavy atom. The molecule has 4 heteroatoms. The van der Waals surface area contributed by atoms with E-state index in [1.165, 1.54) is 12.7 Å². The van der Waals surface area contributed by atoms with Crippen molar-refractivity contribution in [2.45, 2.75) is 34.1 Å². The minimum atomic E-state index is 0.576. The molecule has 0 saturated carbocycles. The number of rotatable bonds is 5. The number of hydrogen-bond acceptors (Lipinski definition) is 4. The number of hydrogen-bond donors (Lipinski definition) is 1. The fraction of sp³-hybridized carbons (Fsp3) is 0.667. The fourth-order valence-corrected chi connectivity index (χ4v) is 1.64. The third-order valence-electron chi connectivity index (χ3n) is 3.01. The molecule has 0 spiro atoms. The van der Waals surface area contributed by atoms with E-state index in [1.807, 2.05) is 6.92 Å². The Kier molecular flexibility index (Phi) is 4.52. The molecule has 0 aliphatic heterocycles. The van der Waals surface area contributed by atoms with Crippen molar-refractivity contribution >= 4 is 11.6 Å². The van der Waals surface area contributed by atoms with Gasteiger partial charge in [0.1, 0.15) is 18.0 Å². The van der Waals surface area contributed by atoms with Crippen LogP contribution in [0, 0.1) is 12.8 Å². The lowest BCUT2D eigenvalue weighted by atomic mass is 10.1. The standard InChI is InChI=1S/C12H22N4/c1-5-9(3)7-16(6-2)12-10(4)11(13)14-8-15-12/h8-9H,5-7H2,1-4H3,(H2,13,14,15). The first kappa shape index (κ1) is 12.7. The van der Waals surface area contributed by atoms with Gasteiger partial charge in [-0.1, -0.05) is 20.3 Å². The lowest BCUT2D eigenvalue weighted by Gasteiger charge is -2.26. The molecule has 1 rings (SSSR count). The molecule has 0 aromatic carbocycles. The van der Waals surface area contributed by atoms with Crippen LogP contribution in [0.2, 0.25) is 0 Å². The smallest absolute Gasteiger partial charge is 0.137 e. The third kappa shape index (κ3) is 2.84. The molecule has 2 N–H and O–H groups in total. The molecule has 1 aromatic rings. The van der Waals surface area contributed by atoms with Crippen molar-refractivity contribution in [2.75, 3.05) is 23.7 Å². The molecule has 1 atom stereocenters. The van der Waals surface area contributed by atoms with Gasteiger partial charge in [-0.2, -0.15) is 0 Å². The van der Waals surface area contributed by atoms with E-state index in [4.69, 9.17) is 5.73 Å². The van der Waals surface area contributed by atoms with Gasteiger partial charge < -0.3 is 10.6 Å². The molecule has 16 heavy (non-hydrogen) atoms. The highest BCUT2D eigenvalue weighted by molar-refractivity contribution is 5.55. The molecular formula is C12H22N4. The van der Waals surface area contributed by atoms with Gasteiger partial charge in [0.15, 0.2) is 0 Å². The Bertz CT molecular complexity index is 338. The molecule has 0 saturated heterocycles. The Morgan fingerprint density at radius 2 is 2.06 bits per heavy atom.